The normalized spacial score (nSPS) is 22.8. The molecular formula is C10H12N2O2. The Morgan fingerprint density at radius 3 is 3.21 bits per heavy atom. The lowest BCUT2D eigenvalue weighted by molar-refractivity contribution is -0.138. The fraction of sp³-hybridized carbons (Fsp3) is 0.300. The number of ether oxygens (including phenoxy) is 1. The molecule has 4 nitrogen and oxygen atoms in total. The lowest BCUT2D eigenvalue weighted by Crippen LogP contribution is -2.33. The van der Waals surface area contributed by atoms with Crippen molar-refractivity contribution in [2.75, 3.05) is 6.61 Å². The van der Waals surface area contributed by atoms with Gasteiger partial charge in [0.15, 0.2) is 0 Å². The molecule has 74 valence electrons. The maximum absolute atomic E-state index is 11.4. The maximum atomic E-state index is 11.4. The van der Waals surface area contributed by atoms with Crippen molar-refractivity contribution in [1.82, 2.24) is 10.2 Å². The number of rotatable bonds is 2. The van der Waals surface area contributed by atoms with Crippen LogP contribution in [0.15, 0.2) is 36.3 Å². The molecular weight excluding hydrogens is 180 g/mol. The van der Waals surface area contributed by atoms with E-state index in [1.54, 1.807) is 13.1 Å². The molecule has 0 amide bonds. The van der Waals surface area contributed by atoms with E-state index in [-0.39, 0.29) is 12.1 Å². The van der Waals surface area contributed by atoms with E-state index in [4.69, 9.17) is 4.74 Å². The number of carbonyl (C=O) groups excluding carboxylic acids is 1. The van der Waals surface area contributed by atoms with Gasteiger partial charge in [-0.1, -0.05) is 6.08 Å². The molecule has 0 fully saturated rings. The molecule has 2 aliphatic heterocycles. The smallest absolute Gasteiger partial charge is 0.355 e. The first-order chi connectivity index (χ1) is 6.81. The first-order valence-electron chi connectivity index (χ1n) is 4.59. The average molecular weight is 192 g/mol. The molecule has 1 atom stereocenters. The lowest BCUT2D eigenvalue weighted by atomic mass is 10.3. The van der Waals surface area contributed by atoms with Crippen LogP contribution in [0.2, 0.25) is 0 Å². The Hall–Kier alpha value is -1.71. The zero-order valence-electron chi connectivity index (χ0n) is 7.93. The summed E-state index contributed by atoms with van der Waals surface area (Å²) in [6, 6.07) is 0. The predicted molar refractivity (Wildman–Crippen MR) is 51.8 cm³/mol. The molecule has 2 heterocycles. The summed E-state index contributed by atoms with van der Waals surface area (Å²) in [7, 11) is 0. The highest BCUT2D eigenvalue weighted by molar-refractivity contribution is 5.88. The maximum Gasteiger partial charge on any atom is 0.355 e. The number of allylic oxidation sites excluding steroid dienone is 2. The molecule has 0 bridgehead atoms. The van der Waals surface area contributed by atoms with Gasteiger partial charge in [-0.3, -0.25) is 0 Å². The van der Waals surface area contributed by atoms with Crippen molar-refractivity contribution in [3.05, 3.63) is 36.3 Å². The van der Waals surface area contributed by atoms with Gasteiger partial charge in [0.25, 0.3) is 0 Å². The Bertz CT molecular complexity index is 331. The molecule has 14 heavy (non-hydrogen) atoms. The van der Waals surface area contributed by atoms with Crippen LogP contribution < -0.4 is 5.32 Å². The Kier molecular flexibility index (Phi) is 2.26. The molecule has 0 aromatic rings. The highest BCUT2D eigenvalue weighted by atomic mass is 16.5. The Morgan fingerprint density at radius 1 is 1.64 bits per heavy atom. The highest BCUT2D eigenvalue weighted by Crippen LogP contribution is 2.16. The topological polar surface area (TPSA) is 41.6 Å². The van der Waals surface area contributed by atoms with Gasteiger partial charge in [-0.25, -0.2) is 4.79 Å². The van der Waals surface area contributed by atoms with E-state index in [2.05, 4.69) is 5.32 Å². The van der Waals surface area contributed by atoms with Crippen LogP contribution in [0.25, 0.3) is 0 Å². The molecule has 0 radical (unpaired) electrons. The van der Waals surface area contributed by atoms with Crippen molar-refractivity contribution < 1.29 is 9.53 Å². The zero-order valence-corrected chi connectivity index (χ0v) is 7.93. The van der Waals surface area contributed by atoms with Crippen LogP contribution in [0, 0.1) is 0 Å². The van der Waals surface area contributed by atoms with Crippen LogP contribution in [0.3, 0.4) is 0 Å². The number of hydrogen-bond donors (Lipinski definition) is 1. The minimum absolute atomic E-state index is 0.0550. The third-order valence-electron chi connectivity index (χ3n) is 2.06. The molecule has 0 aromatic heterocycles. The second kappa shape index (κ2) is 3.57. The molecule has 2 rings (SSSR count). The van der Waals surface area contributed by atoms with Crippen molar-refractivity contribution in [2.45, 2.75) is 13.1 Å². The summed E-state index contributed by atoms with van der Waals surface area (Å²) in [4.78, 5) is 13.3. The van der Waals surface area contributed by atoms with E-state index in [9.17, 15) is 4.79 Å². The van der Waals surface area contributed by atoms with Gasteiger partial charge in [-0.2, -0.15) is 0 Å². The predicted octanol–water partition coefficient (Wildman–Crippen LogP) is 0.706. The highest BCUT2D eigenvalue weighted by Gasteiger charge is 2.25. The third-order valence-corrected chi connectivity index (χ3v) is 2.06. The Morgan fingerprint density at radius 2 is 2.50 bits per heavy atom. The minimum atomic E-state index is -0.302. The van der Waals surface area contributed by atoms with Crippen LogP contribution in [-0.2, 0) is 9.53 Å². The molecule has 4 heteroatoms. The van der Waals surface area contributed by atoms with Crippen molar-refractivity contribution in [1.29, 1.82) is 0 Å². The van der Waals surface area contributed by atoms with Crippen molar-refractivity contribution in [3.63, 3.8) is 0 Å². The molecule has 0 unspecified atom stereocenters. The van der Waals surface area contributed by atoms with Gasteiger partial charge < -0.3 is 15.0 Å². The SMILES string of the molecule is CCOC(=O)C1=CN2C=CC=C[C@H]2N1. The van der Waals surface area contributed by atoms with Gasteiger partial charge >= 0.3 is 5.97 Å². The van der Waals surface area contributed by atoms with Gasteiger partial charge in [-0.05, 0) is 19.1 Å². The third kappa shape index (κ3) is 1.51. The number of nitrogens with zero attached hydrogens (tertiary/aromatic N) is 1. The van der Waals surface area contributed by atoms with Crippen LogP contribution in [-0.4, -0.2) is 23.6 Å². The number of fused-ring (bicyclic) bond motifs is 1. The standard InChI is InChI=1S/C10H12N2O2/c1-2-14-10(13)8-7-12-6-4-3-5-9(12)11-8/h3-7,9,11H,2H2,1H3/t9-/m0/s1. The zero-order chi connectivity index (χ0) is 9.97. The van der Waals surface area contributed by atoms with E-state index in [1.165, 1.54) is 0 Å². The molecule has 0 spiro atoms. The summed E-state index contributed by atoms with van der Waals surface area (Å²) in [5, 5.41) is 3.05. The molecule has 0 aliphatic carbocycles. The van der Waals surface area contributed by atoms with E-state index < -0.39 is 0 Å². The second-order valence-electron chi connectivity index (χ2n) is 3.03. The van der Waals surface area contributed by atoms with E-state index >= 15 is 0 Å². The van der Waals surface area contributed by atoms with Gasteiger partial charge in [-0.15, -0.1) is 0 Å². The number of esters is 1. The molecule has 0 saturated carbocycles. The Labute approximate surface area is 82.5 Å². The van der Waals surface area contributed by atoms with Crippen LogP contribution in [0.4, 0.5) is 0 Å². The van der Waals surface area contributed by atoms with E-state index in [1.807, 2.05) is 29.3 Å². The summed E-state index contributed by atoms with van der Waals surface area (Å²) in [6.07, 6.45) is 9.55. The fourth-order valence-electron chi connectivity index (χ4n) is 1.42. The summed E-state index contributed by atoms with van der Waals surface area (Å²) in [5.41, 5.74) is 0.507. The largest absolute Gasteiger partial charge is 0.461 e. The number of nitrogens with one attached hydrogen (secondary N) is 1. The quantitative estimate of drug-likeness (QED) is 0.654. The number of carbonyl (C=O) groups is 1. The lowest BCUT2D eigenvalue weighted by Gasteiger charge is -2.20. The van der Waals surface area contributed by atoms with Gasteiger partial charge in [0.1, 0.15) is 11.9 Å². The molecule has 0 saturated heterocycles. The molecule has 1 N–H and O–H groups in total. The molecule has 0 aromatic carbocycles. The van der Waals surface area contributed by atoms with Crippen LogP contribution in [0.1, 0.15) is 6.92 Å². The van der Waals surface area contributed by atoms with Gasteiger partial charge in [0.2, 0.25) is 0 Å². The second-order valence-corrected chi connectivity index (χ2v) is 3.03. The van der Waals surface area contributed by atoms with Gasteiger partial charge in [0.05, 0.1) is 6.61 Å². The van der Waals surface area contributed by atoms with Crippen molar-refractivity contribution in [2.24, 2.45) is 0 Å². The summed E-state index contributed by atoms with van der Waals surface area (Å²) >= 11 is 0. The summed E-state index contributed by atoms with van der Waals surface area (Å²) in [6.45, 7) is 2.19. The number of hydrogen-bond acceptors (Lipinski definition) is 4. The van der Waals surface area contributed by atoms with Gasteiger partial charge in [0, 0.05) is 12.4 Å². The minimum Gasteiger partial charge on any atom is -0.461 e. The first-order valence-corrected chi connectivity index (χ1v) is 4.59. The van der Waals surface area contributed by atoms with E-state index in [0.717, 1.165) is 0 Å². The first kappa shape index (κ1) is 8.87. The monoisotopic (exact) mass is 192 g/mol. The van der Waals surface area contributed by atoms with Crippen LogP contribution in [0.5, 0.6) is 0 Å². The van der Waals surface area contributed by atoms with Crippen molar-refractivity contribution in [3.8, 4) is 0 Å². The summed E-state index contributed by atoms with van der Waals surface area (Å²) in [5.74, 6) is -0.302. The molecule has 2 aliphatic rings. The van der Waals surface area contributed by atoms with Crippen LogP contribution >= 0.6 is 0 Å². The summed E-state index contributed by atoms with van der Waals surface area (Å²) < 4.78 is 4.89. The Balaban J connectivity index is 2.07. The van der Waals surface area contributed by atoms with Crippen molar-refractivity contribution >= 4 is 5.97 Å². The fourth-order valence-corrected chi connectivity index (χ4v) is 1.42. The average Bonchev–Trinajstić information content (AvgIpc) is 2.61. The van der Waals surface area contributed by atoms with E-state index in [0.29, 0.717) is 12.3 Å².